The standard InChI is InChI=1S/C22H27N3O3S/c1-17-7-9-20(10-8-17)29(27,28)24-13-11-23(12-14-24)22(26)16-25-18(2)15-19-5-3-4-6-21(19)25/h3-10,18H,11-16H2,1-2H3/t18-/m0/s1. The number of piperazine rings is 1. The van der Waals surface area contributed by atoms with Crippen LogP contribution in [0.15, 0.2) is 53.4 Å². The Morgan fingerprint density at radius 3 is 2.34 bits per heavy atom. The number of para-hydroxylation sites is 1. The molecular weight excluding hydrogens is 386 g/mol. The lowest BCUT2D eigenvalue weighted by atomic mass is 10.1. The minimum atomic E-state index is -3.51. The molecule has 0 N–H and O–H groups in total. The van der Waals surface area contributed by atoms with Gasteiger partial charge in [-0.1, -0.05) is 35.9 Å². The number of carbonyl (C=O) groups excluding carboxylic acids is 1. The highest BCUT2D eigenvalue weighted by molar-refractivity contribution is 7.89. The van der Waals surface area contributed by atoms with Crippen LogP contribution in [0.1, 0.15) is 18.1 Å². The summed E-state index contributed by atoms with van der Waals surface area (Å²) in [6, 6.07) is 15.4. The second kappa shape index (κ2) is 7.80. The Hall–Kier alpha value is -2.38. The first-order chi connectivity index (χ1) is 13.9. The number of nitrogens with zero attached hydrogens (tertiary/aromatic N) is 3. The Morgan fingerprint density at radius 2 is 1.66 bits per heavy atom. The number of aryl methyl sites for hydroxylation is 1. The molecule has 1 fully saturated rings. The molecule has 0 saturated carbocycles. The highest BCUT2D eigenvalue weighted by Gasteiger charge is 2.32. The van der Waals surface area contributed by atoms with Crippen LogP contribution in [-0.4, -0.2) is 62.3 Å². The monoisotopic (exact) mass is 413 g/mol. The topological polar surface area (TPSA) is 60.9 Å². The van der Waals surface area contributed by atoms with Crippen LogP contribution in [0.3, 0.4) is 0 Å². The predicted octanol–water partition coefficient (Wildman–Crippen LogP) is 2.28. The van der Waals surface area contributed by atoms with Gasteiger partial charge in [-0.05, 0) is 44.0 Å². The maximum atomic E-state index is 12.9. The quantitative estimate of drug-likeness (QED) is 0.772. The average Bonchev–Trinajstić information content (AvgIpc) is 3.03. The first-order valence-corrected chi connectivity index (χ1v) is 11.5. The lowest BCUT2D eigenvalue weighted by molar-refractivity contribution is -0.130. The number of carbonyl (C=O) groups is 1. The van der Waals surface area contributed by atoms with Crippen molar-refractivity contribution in [1.29, 1.82) is 0 Å². The van der Waals surface area contributed by atoms with E-state index in [9.17, 15) is 13.2 Å². The van der Waals surface area contributed by atoms with Crippen LogP contribution in [-0.2, 0) is 21.2 Å². The van der Waals surface area contributed by atoms with Crippen molar-refractivity contribution in [2.75, 3.05) is 37.6 Å². The smallest absolute Gasteiger partial charge is 0.243 e. The third-order valence-corrected chi connectivity index (χ3v) is 7.82. The minimum absolute atomic E-state index is 0.0564. The fraction of sp³-hybridized carbons (Fsp3) is 0.409. The molecule has 0 spiro atoms. The molecule has 0 aliphatic carbocycles. The predicted molar refractivity (Wildman–Crippen MR) is 113 cm³/mol. The van der Waals surface area contributed by atoms with E-state index >= 15 is 0 Å². The van der Waals surface area contributed by atoms with Crippen molar-refractivity contribution < 1.29 is 13.2 Å². The maximum absolute atomic E-state index is 12.9. The summed E-state index contributed by atoms with van der Waals surface area (Å²) >= 11 is 0. The molecule has 2 aliphatic rings. The number of sulfonamides is 1. The summed E-state index contributed by atoms with van der Waals surface area (Å²) < 4.78 is 27.2. The van der Waals surface area contributed by atoms with E-state index in [1.54, 1.807) is 17.0 Å². The van der Waals surface area contributed by atoms with Gasteiger partial charge in [-0.2, -0.15) is 4.31 Å². The molecule has 0 unspecified atom stereocenters. The van der Waals surface area contributed by atoms with Crippen molar-refractivity contribution >= 4 is 21.6 Å². The van der Waals surface area contributed by atoms with E-state index in [4.69, 9.17) is 0 Å². The molecule has 154 valence electrons. The van der Waals surface area contributed by atoms with Gasteiger partial charge in [0.15, 0.2) is 0 Å². The fourth-order valence-electron chi connectivity index (χ4n) is 4.15. The van der Waals surface area contributed by atoms with Crippen LogP contribution >= 0.6 is 0 Å². The molecule has 1 amide bonds. The van der Waals surface area contributed by atoms with Gasteiger partial charge in [0.25, 0.3) is 0 Å². The largest absolute Gasteiger partial charge is 0.359 e. The molecule has 2 aliphatic heterocycles. The second-order valence-corrected chi connectivity index (χ2v) is 9.85. The Morgan fingerprint density at radius 1 is 1.00 bits per heavy atom. The van der Waals surface area contributed by atoms with Crippen LogP contribution in [0, 0.1) is 6.92 Å². The third kappa shape index (κ3) is 3.89. The molecule has 6 nitrogen and oxygen atoms in total. The number of hydrogen-bond acceptors (Lipinski definition) is 4. The third-order valence-electron chi connectivity index (χ3n) is 5.90. The van der Waals surface area contributed by atoms with Crippen LogP contribution in [0.25, 0.3) is 0 Å². The van der Waals surface area contributed by atoms with Crippen molar-refractivity contribution in [3.05, 3.63) is 59.7 Å². The molecule has 1 atom stereocenters. The zero-order valence-electron chi connectivity index (χ0n) is 16.9. The second-order valence-electron chi connectivity index (χ2n) is 7.91. The summed E-state index contributed by atoms with van der Waals surface area (Å²) in [5.74, 6) is 0.0564. The molecule has 4 rings (SSSR count). The Kier molecular flexibility index (Phi) is 5.36. The summed E-state index contributed by atoms with van der Waals surface area (Å²) in [6.45, 7) is 5.91. The summed E-state index contributed by atoms with van der Waals surface area (Å²) in [7, 11) is -3.51. The van der Waals surface area contributed by atoms with Gasteiger partial charge in [-0.3, -0.25) is 4.79 Å². The SMILES string of the molecule is Cc1ccc(S(=O)(=O)N2CCN(C(=O)CN3c4ccccc4C[C@@H]3C)CC2)cc1. The van der Waals surface area contributed by atoms with Gasteiger partial charge >= 0.3 is 0 Å². The maximum Gasteiger partial charge on any atom is 0.243 e. The number of hydrogen-bond donors (Lipinski definition) is 0. The van der Waals surface area contributed by atoms with E-state index in [0.29, 0.717) is 43.7 Å². The summed E-state index contributed by atoms with van der Waals surface area (Å²) in [4.78, 5) is 17.1. The van der Waals surface area contributed by atoms with Gasteiger partial charge in [0.1, 0.15) is 0 Å². The van der Waals surface area contributed by atoms with E-state index in [2.05, 4.69) is 24.0 Å². The van der Waals surface area contributed by atoms with Crippen LogP contribution in [0.4, 0.5) is 5.69 Å². The normalized spacial score (nSPS) is 20.0. The minimum Gasteiger partial charge on any atom is -0.359 e. The number of fused-ring (bicyclic) bond motifs is 1. The van der Waals surface area contributed by atoms with Gasteiger partial charge in [0, 0.05) is 37.9 Å². The van der Waals surface area contributed by atoms with Crippen molar-refractivity contribution in [3.63, 3.8) is 0 Å². The zero-order chi connectivity index (χ0) is 20.6. The van der Waals surface area contributed by atoms with Gasteiger partial charge in [0.05, 0.1) is 11.4 Å². The summed E-state index contributed by atoms with van der Waals surface area (Å²) in [5.41, 5.74) is 3.44. The summed E-state index contributed by atoms with van der Waals surface area (Å²) in [5, 5.41) is 0. The first-order valence-electron chi connectivity index (χ1n) is 10.1. The van der Waals surface area contributed by atoms with Crippen molar-refractivity contribution in [1.82, 2.24) is 9.21 Å². The van der Waals surface area contributed by atoms with Gasteiger partial charge in [0.2, 0.25) is 15.9 Å². The van der Waals surface area contributed by atoms with E-state index in [-0.39, 0.29) is 5.91 Å². The zero-order valence-corrected chi connectivity index (χ0v) is 17.7. The number of benzene rings is 2. The van der Waals surface area contributed by atoms with Crippen LogP contribution < -0.4 is 4.90 Å². The number of amides is 1. The van der Waals surface area contributed by atoms with Crippen molar-refractivity contribution in [2.45, 2.75) is 31.2 Å². The Balaban J connectivity index is 1.38. The molecule has 0 radical (unpaired) electrons. The molecule has 2 aromatic carbocycles. The average molecular weight is 414 g/mol. The van der Waals surface area contributed by atoms with E-state index in [1.807, 2.05) is 31.2 Å². The molecule has 2 aromatic rings. The van der Waals surface area contributed by atoms with E-state index in [1.165, 1.54) is 9.87 Å². The highest BCUT2D eigenvalue weighted by atomic mass is 32.2. The van der Waals surface area contributed by atoms with E-state index in [0.717, 1.165) is 17.7 Å². The van der Waals surface area contributed by atoms with Gasteiger partial charge in [-0.15, -0.1) is 0 Å². The van der Waals surface area contributed by atoms with Gasteiger partial charge in [-0.25, -0.2) is 8.42 Å². The summed E-state index contributed by atoms with van der Waals surface area (Å²) in [6.07, 6.45) is 0.950. The van der Waals surface area contributed by atoms with Crippen LogP contribution in [0.2, 0.25) is 0 Å². The molecule has 1 saturated heterocycles. The molecule has 29 heavy (non-hydrogen) atoms. The van der Waals surface area contributed by atoms with Gasteiger partial charge < -0.3 is 9.80 Å². The molecule has 7 heteroatoms. The lowest BCUT2D eigenvalue weighted by Crippen LogP contribution is -2.53. The molecule has 0 aromatic heterocycles. The molecule has 0 bridgehead atoms. The lowest BCUT2D eigenvalue weighted by Gasteiger charge is -2.35. The highest BCUT2D eigenvalue weighted by Crippen LogP contribution is 2.31. The van der Waals surface area contributed by atoms with E-state index < -0.39 is 10.0 Å². The number of rotatable bonds is 4. The van der Waals surface area contributed by atoms with Crippen LogP contribution in [0.5, 0.6) is 0 Å². The fourth-order valence-corrected chi connectivity index (χ4v) is 5.58. The first kappa shape index (κ1) is 19.9. The molecule has 2 heterocycles. The molecular formula is C22H27N3O3S. The van der Waals surface area contributed by atoms with Crippen molar-refractivity contribution in [2.24, 2.45) is 0 Å². The Labute approximate surface area is 172 Å². The van der Waals surface area contributed by atoms with Crippen molar-refractivity contribution in [3.8, 4) is 0 Å². The number of anilines is 1. The Bertz CT molecular complexity index is 996.